The lowest BCUT2D eigenvalue weighted by Gasteiger charge is -2.11. The molecule has 0 spiro atoms. The first kappa shape index (κ1) is 12.5. The third kappa shape index (κ3) is 4.18. The molecule has 0 amide bonds. The summed E-state index contributed by atoms with van der Waals surface area (Å²) in [5.41, 5.74) is 1.22. The van der Waals surface area contributed by atoms with E-state index in [1.807, 2.05) is 24.3 Å². The average Bonchev–Trinajstić information content (AvgIpc) is 2.22. The number of thioether (sulfide) groups is 1. The lowest BCUT2D eigenvalue weighted by molar-refractivity contribution is 0.333. The molecule has 0 saturated carbocycles. The van der Waals surface area contributed by atoms with E-state index in [1.54, 1.807) is 25.1 Å². The second kappa shape index (κ2) is 6.09. The zero-order chi connectivity index (χ0) is 11.3. The molecule has 0 saturated heterocycles. The fraction of sp³-hybridized carbons (Fsp3) is 0.333. The van der Waals surface area contributed by atoms with Crippen LogP contribution in [0.25, 0.3) is 0 Å². The van der Waals surface area contributed by atoms with Crippen LogP contribution in [0, 0.1) is 0 Å². The van der Waals surface area contributed by atoms with Crippen LogP contribution in [-0.2, 0) is 4.74 Å². The van der Waals surface area contributed by atoms with Crippen LogP contribution in [-0.4, -0.2) is 12.4 Å². The monoisotopic (exact) mass is 242 g/mol. The fourth-order valence-electron chi connectivity index (χ4n) is 1.09. The van der Waals surface area contributed by atoms with Gasteiger partial charge in [0.1, 0.15) is 0 Å². The summed E-state index contributed by atoms with van der Waals surface area (Å²) < 4.78 is 4.99. The quantitative estimate of drug-likeness (QED) is 0.573. The van der Waals surface area contributed by atoms with Crippen LogP contribution in [0.2, 0.25) is 5.02 Å². The summed E-state index contributed by atoms with van der Waals surface area (Å²) in [6.07, 6.45) is 1.79. The Kier molecular flexibility index (Phi) is 5.06. The molecule has 15 heavy (non-hydrogen) atoms. The number of hydrogen-bond donors (Lipinski definition) is 0. The van der Waals surface area contributed by atoms with E-state index in [1.165, 1.54) is 10.5 Å². The van der Waals surface area contributed by atoms with Crippen LogP contribution in [0.5, 0.6) is 0 Å². The summed E-state index contributed by atoms with van der Waals surface area (Å²) >= 11 is 7.61. The van der Waals surface area contributed by atoms with Crippen molar-refractivity contribution in [3.63, 3.8) is 0 Å². The molecular weight excluding hydrogens is 228 g/mol. The number of rotatable bonds is 4. The molecule has 1 aromatic carbocycles. The van der Waals surface area contributed by atoms with Gasteiger partial charge in [0, 0.05) is 15.2 Å². The molecule has 1 nitrogen and oxygen atoms in total. The number of methoxy groups -OCH3 is 1. The van der Waals surface area contributed by atoms with Gasteiger partial charge in [-0.2, -0.15) is 0 Å². The van der Waals surface area contributed by atoms with Gasteiger partial charge in [0.05, 0.1) is 13.4 Å². The first-order valence-electron chi connectivity index (χ1n) is 4.75. The van der Waals surface area contributed by atoms with Crippen LogP contribution in [0.3, 0.4) is 0 Å². The smallest absolute Gasteiger partial charge is 0.0824 e. The average molecular weight is 243 g/mol. The highest BCUT2D eigenvalue weighted by Gasteiger charge is 2.06. The predicted molar refractivity (Wildman–Crippen MR) is 67.5 cm³/mol. The van der Waals surface area contributed by atoms with E-state index in [2.05, 4.69) is 13.8 Å². The molecule has 0 heterocycles. The van der Waals surface area contributed by atoms with Gasteiger partial charge in [-0.15, -0.1) is 11.8 Å². The zero-order valence-corrected chi connectivity index (χ0v) is 10.7. The third-order valence-corrected chi connectivity index (χ3v) is 3.59. The Morgan fingerprint density at radius 1 is 1.40 bits per heavy atom. The molecule has 1 atom stereocenters. The molecule has 0 bridgehead atoms. The van der Waals surface area contributed by atoms with Gasteiger partial charge in [0.25, 0.3) is 0 Å². The molecule has 0 aliphatic rings. The van der Waals surface area contributed by atoms with E-state index in [4.69, 9.17) is 16.3 Å². The van der Waals surface area contributed by atoms with Crippen LogP contribution in [0.15, 0.2) is 41.0 Å². The molecule has 1 aromatic rings. The van der Waals surface area contributed by atoms with E-state index >= 15 is 0 Å². The minimum Gasteiger partial charge on any atom is -0.504 e. The van der Waals surface area contributed by atoms with Crippen molar-refractivity contribution in [2.45, 2.75) is 24.0 Å². The number of benzene rings is 1. The molecule has 1 rings (SSSR count). The van der Waals surface area contributed by atoms with Gasteiger partial charge in [-0.05, 0) is 43.7 Å². The molecular formula is C12H15ClOS. The van der Waals surface area contributed by atoms with Crippen molar-refractivity contribution in [2.75, 3.05) is 7.11 Å². The topological polar surface area (TPSA) is 9.23 Å². The molecule has 0 radical (unpaired) electrons. The highest BCUT2D eigenvalue weighted by Crippen LogP contribution is 2.28. The van der Waals surface area contributed by atoms with Gasteiger partial charge < -0.3 is 4.74 Å². The maximum atomic E-state index is 5.82. The van der Waals surface area contributed by atoms with Crippen molar-refractivity contribution >= 4 is 23.4 Å². The predicted octanol–water partition coefficient (Wildman–Crippen LogP) is 4.37. The molecule has 0 aromatic heterocycles. The second-order valence-corrected chi connectivity index (χ2v) is 5.16. The molecule has 1 unspecified atom stereocenters. The Hall–Kier alpha value is -0.600. The number of ether oxygens (including phenoxy) is 1. The van der Waals surface area contributed by atoms with Crippen molar-refractivity contribution < 1.29 is 4.74 Å². The van der Waals surface area contributed by atoms with Crippen molar-refractivity contribution in [2.24, 2.45) is 0 Å². The summed E-state index contributed by atoms with van der Waals surface area (Å²) in [4.78, 5) is 1.22. The highest BCUT2D eigenvalue weighted by atomic mass is 35.5. The molecule has 0 aliphatic heterocycles. The largest absolute Gasteiger partial charge is 0.504 e. The van der Waals surface area contributed by atoms with Gasteiger partial charge in [0.15, 0.2) is 0 Å². The summed E-state index contributed by atoms with van der Waals surface area (Å²) in [5.74, 6) is 0. The van der Waals surface area contributed by atoms with Gasteiger partial charge in [-0.3, -0.25) is 0 Å². The SMILES string of the molecule is COC=C(C)C(C)Sc1ccc(Cl)cc1. The molecule has 82 valence electrons. The number of halogens is 1. The number of hydrogen-bond acceptors (Lipinski definition) is 2. The zero-order valence-electron chi connectivity index (χ0n) is 9.16. The van der Waals surface area contributed by atoms with Gasteiger partial charge in [-0.1, -0.05) is 11.6 Å². The minimum absolute atomic E-state index is 0.408. The van der Waals surface area contributed by atoms with Crippen molar-refractivity contribution in [3.8, 4) is 0 Å². The lowest BCUT2D eigenvalue weighted by Crippen LogP contribution is -1.97. The Balaban J connectivity index is 2.62. The summed E-state index contributed by atoms with van der Waals surface area (Å²) in [6.45, 7) is 4.22. The Labute approximate surface area is 100 Å². The van der Waals surface area contributed by atoms with Gasteiger partial charge in [0.2, 0.25) is 0 Å². The van der Waals surface area contributed by atoms with Gasteiger partial charge in [-0.25, -0.2) is 0 Å². The van der Waals surface area contributed by atoms with Crippen LogP contribution >= 0.6 is 23.4 Å². The Morgan fingerprint density at radius 3 is 2.53 bits per heavy atom. The first-order chi connectivity index (χ1) is 7.13. The second-order valence-electron chi connectivity index (χ2n) is 3.31. The molecule has 0 N–H and O–H groups in total. The fourth-order valence-corrected chi connectivity index (χ4v) is 2.16. The lowest BCUT2D eigenvalue weighted by atomic mass is 10.3. The summed E-state index contributed by atoms with van der Waals surface area (Å²) in [5, 5.41) is 1.18. The van der Waals surface area contributed by atoms with Crippen molar-refractivity contribution in [1.29, 1.82) is 0 Å². The van der Waals surface area contributed by atoms with Gasteiger partial charge >= 0.3 is 0 Å². The highest BCUT2D eigenvalue weighted by molar-refractivity contribution is 8.00. The van der Waals surface area contributed by atoms with E-state index in [-0.39, 0.29) is 0 Å². The van der Waals surface area contributed by atoms with E-state index < -0.39 is 0 Å². The molecule has 0 aliphatic carbocycles. The van der Waals surface area contributed by atoms with Crippen LogP contribution in [0.1, 0.15) is 13.8 Å². The normalized spacial score (nSPS) is 13.7. The standard InChI is InChI=1S/C12H15ClOS/c1-9(8-14-3)10(2)15-12-6-4-11(13)5-7-12/h4-8,10H,1-3H3. The molecule has 0 fully saturated rings. The van der Waals surface area contributed by atoms with E-state index in [9.17, 15) is 0 Å². The third-order valence-electron chi connectivity index (χ3n) is 2.07. The first-order valence-corrected chi connectivity index (χ1v) is 6.01. The van der Waals surface area contributed by atoms with Crippen LogP contribution in [0.4, 0.5) is 0 Å². The molecule has 3 heteroatoms. The summed E-state index contributed by atoms with van der Waals surface area (Å²) in [7, 11) is 1.67. The van der Waals surface area contributed by atoms with E-state index in [0.29, 0.717) is 5.25 Å². The van der Waals surface area contributed by atoms with Crippen LogP contribution < -0.4 is 0 Å². The Morgan fingerprint density at radius 2 is 2.00 bits per heavy atom. The maximum Gasteiger partial charge on any atom is 0.0824 e. The van der Waals surface area contributed by atoms with Crippen molar-refractivity contribution in [1.82, 2.24) is 0 Å². The summed E-state index contributed by atoms with van der Waals surface area (Å²) in [6, 6.07) is 7.88. The Bertz CT molecular complexity index is 332. The maximum absolute atomic E-state index is 5.82. The minimum atomic E-state index is 0.408. The van der Waals surface area contributed by atoms with Crippen molar-refractivity contribution in [3.05, 3.63) is 41.1 Å². The van der Waals surface area contributed by atoms with E-state index in [0.717, 1.165) is 5.02 Å².